The molecular weight excluding hydrogens is 500 g/mol. The molecule has 2 aliphatic rings. The number of amides is 1. The van der Waals surface area contributed by atoms with Gasteiger partial charge in [0.05, 0.1) is 20.8 Å². The van der Waals surface area contributed by atoms with Gasteiger partial charge in [0.1, 0.15) is 5.75 Å². The molecule has 3 aromatic rings. The summed E-state index contributed by atoms with van der Waals surface area (Å²) in [5, 5.41) is 2.02. The van der Waals surface area contributed by atoms with Crippen LogP contribution in [0.2, 0.25) is 0 Å². The molecule has 1 fully saturated rings. The smallest absolute Gasteiger partial charge is 0.254 e. The van der Waals surface area contributed by atoms with Gasteiger partial charge < -0.3 is 24.0 Å². The van der Waals surface area contributed by atoms with Gasteiger partial charge in [-0.1, -0.05) is 31.0 Å². The average molecular weight is 545 g/mol. The van der Waals surface area contributed by atoms with E-state index in [1.54, 1.807) is 14.2 Å². The Morgan fingerprint density at radius 1 is 0.900 bits per heavy atom. The average Bonchev–Trinajstić information content (AvgIpc) is 2.95. The third-order valence-corrected chi connectivity index (χ3v) is 8.71. The Morgan fingerprint density at radius 2 is 1.75 bits per heavy atom. The van der Waals surface area contributed by atoms with Crippen LogP contribution in [0.4, 0.5) is 0 Å². The summed E-state index contributed by atoms with van der Waals surface area (Å²) in [6.45, 7) is 9.78. The lowest BCUT2D eigenvalue weighted by atomic mass is 9.92. The quantitative estimate of drug-likeness (QED) is 0.291. The van der Waals surface area contributed by atoms with Crippen molar-refractivity contribution in [2.45, 2.75) is 52.4 Å². The summed E-state index contributed by atoms with van der Waals surface area (Å²) in [5.74, 6) is 3.06. The number of benzene rings is 3. The van der Waals surface area contributed by atoms with Gasteiger partial charge in [-0.3, -0.25) is 4.79 Å². The molecule has 1 atom stereocenters. The van der Waals surface area contributed by atoms with Crippen LogP contribution in [-0.4, -0.2) is 69.3 Å². The zero-order valence-electron chi connectivity index (χ0n) is 24.6. The molecule has 2 heterocycles. The van der Waals surface area contributed by atoms with Crippen LogP contribution in [0.1, 0.15) is 59.2 Å². The van der Waals surface area contributed by atoms with E-state index in [-0.39, 0.29) is 5.91 Å². The van der Waals surface area contributed by atoms with Crippen molar-refractivity contribution in [1.82, 2.24) is 9.80 Å². The van der Waals surface area contributed by atoms with Crippen molar-refractivity contribution >= 4 is 16.7 Å². The number of likely N-dealkylation sites (tertiary alicyclic amines) is 1. The molecule has 40 heavy (non-hydrogen) atoms. The van der Waals surface area contributed by atoms with Gasteiger partial charge in [0.15, 0.2) is 11.5 Å². The van der Waals surface area contributed by atoms with Gasteiger partial charge in [-0.05, 0) is 92.9 Å². The van der Waals surface area contributed by atoms with Crippen molar-refractivity contribution in [1.29, 1.82) is 0 Å². The van der Waals surface area contributed by atoms with Gasteiger partial charge in [0.2, 0.25) is 0 Å². The molecule has 0 aromatic heterocycles. The SMILES string of the molecule is COc1ccc2c(OCCCN3CCCCCC(CN4CCc5cc(C)c(C)cc5C4=O)C3)cccc2c1OC. The van der Waals surface area contributed by atoms with Gasteiger partial charge in [0.25, 0.3) is 5.91 Å². The predicted molar refractivity (Wildman–Crippen MR) is 161 cm³/mol. The van der Waals surface area contributed by atoms with E-state index in [1.807, 2.05) is 30.3 Å². The van der Waals surface area contributed by atoms with E-state index in [0.29, 0.717) is 12.5 Å². The molecule has 3 aromatic carbocycles. The lowest BCUT2D eigenvalue weighted by Crippen LogP contribution is -2.44. The number of carbonyl (C=O) groups is 1. The van der Waals surface area contributed by atoms with Crippen LogP contribution in [0, 0.1) is 19.8 Å². The monoisotopic (exact) mass is 544 g/mol. The van der Waals surface area contributed by atoms with Crippen LogP contribution in [0.15, 0.2) is 42.5 Å². The zero-order chi connectivity index (χ0) is 28.1. The van der Waals surface area contributed by atoms with Crippen LogP contribution in [-0.2, 0) is 6.42 Å². The molecule has 1 saturated heterocycles. The number of rotatable bonds is 9. The molecule has 0 bridgehead atoms. The third-order valence-electron chi connectivity index (χ3n) is 8.71. The fourth-order valence-corrected chi connectivity index (χ4v) is 6.39. The van der Waals surface area contributed by atoms with Crippen LogP contribution in [0.25, 0.3) is 10.8 Å². The van der Waals surface area contributed by atoms with Gasteiger partial charge in [-0.2, -0.15) is 0 Å². The highest BCUT2D eigenvalue weighted by Gasteiger charge is 2.28. The first-order valence-corrected chi connectivity index (χ1v) is 14.9. The third kappa shape index (κ3) is 6.22. The molecule has 6 heteroatoms. The Hall–Kier alpha value is -3.25. The second-order valence-corrected chi connectivity index (χ2v) is 11.5. The van der Waals surface area contributed by atoms with Crippen molar-refractivity contribution in [2.75, 3.05) is 53.6 Å². The van der Waals surface area contributed by atoms with Crippen molar-refractivity contribution < 1.29 is 19.0 Å². The van der Waals surface area contributed by atoms with E-state index < -0.39 is 0 Å². The molecule has 5 rings (SSSR count). The fourth-order valence-electron chi connectivity index (χ4n) is 6.39. The summed E-state index contributed by atoms with van der Waals surface area (Å²) in [6.07, 6.45) is 6.88. The number of aryl methyl sites for hydroxylation is 2. The molecule has 214 valence electrons. The first kappa shape index (κ1) is 28.3. The topological polar surface area (TPSA) is 51.2 Å². The largest absolute Gasteiger partial charge is 0.493 e. The zero-order valence-corrected chi connectivity index (χ0v) is 24.6. The molecule has 0 spiro atoms. The van der Waals surface area contributed by atoms with Gasteiger partial charge >= 0.3 is 0 Å². The Morgan fingerprint density at radius 3 is 2.58 bits per heavy atom. The van der Waals surface area contributed by atoms with Crippen molar-refractivity contribution in [3.8, 4) is 17.2 Å². The van der Waals surface area contributed by atoms with Crippen LogP contribution < -0.4 is 14.2 Å². The number of nitrogens with zero attached hydrogens (tertiary/aromatic N) is 2. The summed E-state index contributed by atoms with van der Waals surface area (Å²) >= 11 is 0. The van der Waals surface area contributed by atoms with Crippen LogP contribution in [0.3, 0.4) is 0 Å². The minimum atomic E-state index is 0.218. The predicted octanol–water partition coefficient (Wildman–Crippen LogP) is 6.43. The Kier molecular flexibility index (Phi) is 9.15. The molecule has 1 amide bonds. The van der Waals surface area contributed by atoms with Crippen molar-refractivity contribution in [3.63, 3.8) is 0 Å². The Bertz CT molecular complexity index is 1340. The minimum Gasteiger partial charge on any atom is -0.493 e. The molecular formula is C34H44N2O4. The number of ether oxygens (including phenoxy) is 3. The second kappa shape index (κ2) is 12.9. The number of methoxy groups -OCH3 is 2. The molecule has 0 saturated carbocycles. The lowest BCUT2D eigenvalue weighted by molar-refractivity contribution is 0.0679. The van der Waals surface area contributed by atoms with Crippen LogP contribution in [0.5, 0.6) is 17.2 Å². The Labute approximate surface area is 239 Å². The number of carbonyl (C=O) groups excluding carboxylic acids is 1. The maximum Gasteiger partial charge on any atom is 0.254 e. The molecule has 2 aliphatic heterocycles. The standard InChI is InChI=1S/C34H44N2O4/c1-24-20-27-15-18-36(34(37)30(27)21-25(24)2)23-26-10-6-5-7-16-35(22-26)17-9-19-40-31-12-8-11-29-28(31)13-14-32(38-3)33(29)39-4/h8,11-14,20-21,26H,5-7,9-10,15-19,22-23H2,1-4H3. The van der Waals surface area contributed by atoms with Gasteiger partial charge in [0, 0.05) is 42.5 Å². The van der Waals surface area contributed by atoms with E-state index in [1.165, 1.54) is 42.4 Å². The van der Waals surface area contributed by atoms with E-state index in [2.05, 4.69) is 35.8 Å². The lowest BCUT2D eigenvalue weighted by Gasteiger charge is -2.35. The molecule has 6 nitrogen and oxygen atoms in total. The molecule has 1 unspecified atom stereocenters. The molecule has 0 N–H and O–H groups in total. The highest BCUT2D eigenvalue weighted by molar-refractivity contribution is 5.97. The number of hydrogen-bond donors (Lipinski definition) is 0. The summed E-state index contributed by atoms with van der Waals surface area (Å²) < 4.78 is 17.4. The van der Waals surface area contributed by atoms with Crippen molar-refractivity contribution in [2.24, 2.45) is 5.92 Å². The van der Waals surface area contributed by atoms with E-state index >= 15 is 0 Å². The van der Waals surface area contributed by atoms with E-state index in [4.69, 9.17) is 14.2 Å². The molecule has 0 radical (unpaired) electrons. The molecule has 0 aliphatic carbocycles. The summed E-state index contributed by atoms with van der Waals surface area (Å²) in [7, 11) is 3.33. The van der Waals surface area contributed by atoms with Crippen molar-refractivity contribution in [3.05, 3.63) is 64.7 Å². The van der Waals surface area contributed by atoms with E-state index in [9.17, 15) is 4.79 Å². The maximum absolute atomic E-state index is 13.4. The second-order valence-electron chi connectivity index (χ2n) is 11.5. The normalized spacial score (nSPS) is 18.2. The van der Waals surface area contributed by atoms with Gasteiger partial charge in [-0.15, -0.1) is 0 Å². The summed E-state index contributed by atoms with van der Waals surface area (Å²) in [5.41, 5.74) is 4.61. The highest BCUT2D eigenvalue weighted by atomic mass is 16.5. The number of hydrogen-bond acceptors (Lipinski definition) is 5. The number of fused-ring (bicyclic) bond motifs is 2. The van der Waals surface area contributed by atoms with Gasteiger partial charge in [-0.25, -0.2) is 0 Å². The summed E-state index contributed by atoms with van der Waals surface area (Å²) in [4.78, 5) is 18.1. The van der Waals surface area contributed by atoms with E-state index in [0.717, 1.165) is 79.1 Å². The minimum absolute atomic E-state index is 0.218. The Balaban J connectivity index is 1.17. The summed E-state index contributed by atoms with van der Waals surface area (Å²) in [6, 6.07) is 14.4. The highest BCUT2D eigenvalue weighted by Crippen LogP contribution is 2.39. The van der Waals surface area contributed by atoms with Crippen LogP contribution >= 0.6 is 0 Å². The fraction of sp³-hybridized carbons (Fsp3) is 0.500. The first-order valence-electron chi connectivity index (χ1n) is 14.9. The maximum atomic E-state index is 13.4. The first-order chi connectivity index (χ1) is 19.5.